The van der Waals surface area contributed by atoms with Crippen molar-refractivity contribution >= 4 is 17.9 Å². The van der Waals surface area contributed by atoms with Crippen LogP contribution in [0, 0.1) is 6.92 Å². The summed E-state index contributed by atoms with van der Waals surface area (Å²) in [5.41, 5.74) is 0.388. The fourth-order valence-corrected chi connectivity index (χ4v) is 2.34. The van der Waals surface area contributed by atoms with Gasteiger partial charge in [0.2, 0.25) is 5.82 Å². The largest absolute Gasteiger partial charge is 0.507 e. The number of nitrogens with zero attached hydrogens (tertiary/aromatic N) is 5. The average molecular weight is 383 g/mol. The van der Waals surface area contributed by atoms with Gasteiger partial charge in [0.1, 0.15) is 17.1 Å². The number of aromatic hydroxyl groups is 1. The Kier molecular flexibility index (Phi) is 5.58. The van der Waals surface area contributed by atoms with E-state index in [0.717, 1.165) is 4.80 Å². The third-order valence-electron chi connectivity index (χ3n) is 3.57. The van der Waals surface area contributed by atoms with Gasteiger partial charge >= 0.3 is 11.6 Å². The first-order valence-corrected chi connectivity index (χ1v) is 8.38. The minimum atomic E-state index is -0.680. The minimum Gasteiger partial charge on any atom is -0.507 e. The van der Waals surface area contributed by atoms with E-state index in [0.29, 0.717) is 22.8 Å². The van der Waals surface area contributed by atoms with Crippen molar-refractivity contribution in [1.29, 1.82) is 0 Å². The van der Waals surface area contributed by atoms with Gasteiger partial charge in [0.15, 0.2) is 6.54 Å². The molecule has 0 saturated carbocycles. The molecule has 28 heavy (non-hydrogen) atoms. The Bertz CT molecular complexity index is 1090. The third-order valence-corrected chi connectivity index (χ3v) is 3.57. The van der Waals surface area contributed by atoms with Gasteiger partial charge in [-0.05, 0) is 31.2 Å². The van der Waals surface area contributed by atoms with Crippen LogP contribution in [0.2, 0.25) is 0 Å². The molecule has 0 fully saturated rings. The molecule has 3 rings (SSSR count). The van der Waals surface area contributed by atoms with Gasteiger partial charge in [-0.3, -0.25) is 4.99 Å². The van der Waals surface area contributed by atoms with E-state index in [4.69, 9.17) is 9.15 Å². The van der Waals surface area contributed by atoms with Gasteiger partial charge in [0.25, 0.3) is 0 Å². The fourth-order valence-electron chi connectivity index (χ4n) is 2.34. The van der Waals surface area contributed by atoms with Crippen LogP contribution in [0.5, 0.6) is 5.75 Å². The summed E-state index contributed by atoms with van der Waals surface area (Å²) in [5.74, 6) is -0.0589. The van der Waals surface area contributed by atoms with Crippen LogP contribution < -0.4 is 5.63 Å². The number of tetrazole rings is 1. The predicted molar refractivity (Wildman–Crippen MR) is 98.5 cm³/mol. The highest BCUT2D eigenvalue weighted by molar-refractivity contribution is 5.84. The standard InChI is InChI=1S/C18H17N5O5/c1-3-27-16(25)10-23-21-17(20-22-23)12-5-4-6-13(8-12)19-9-14-15(24)7-11(2)28-18(14)26/h4-9,24H,3,10H2,1-2H3. The Hall–Kier alpha value is -3.82. The minimum absolute atomic E-state index is 0.0468. The van der Waals surface area contributed by atoms with E-state index >= 15 is 0 Å². The third kappa shape index (κ3) is 4.47. The molecule has 0 saturated heterocycles. The molecular formula is C18H17N5O5. The molecule has 0 spiro atoms. The lowest BCUT2D eigenvalue weighted by Gasteiger charge is -2.00. The van der Waals surface area contributed by atoms with Crippen LogP contribution in [0.15, 0.2) is 44.5 Å². The van der Waals surface area contributed by atoms with E-state index in [1.807, 2.05) is 0 Å². The van der Waals surface area contributed by atoms with E-state index in [1.54, 1.807) is 38.1 Å². The summed E-state index contributed by atoms with van der Waals surface area (Å²) < 4.78 is 9.79. The van der Waals surface area contributed by atoms with Crippen molar-refractivity contribution in [2.75, 3.05) is 6.61 Å². The van der Waals surface area contributed by atoms with Crippen LogP contribution in [0.3, 0.4) is 0 Å². The molecule has 2 heterocycles. The lowest BCUT2D eigenvalue weighted by atomic mass is 10.2. The number of aliphatic imine (C=N–C) groups is 1. The number of benzene rings is 1. The zero-order chi connectivity index (χ0) is 20.1. The quantitative estimate of drug-likeness (QED) is 0.501. The van der Waals surface area contributed by atoms with Crippen LogP contribution >= 0.6 is 0 Å². The maximum atomic E-state index is 11.8. The molecule has 2 aromatic heterocycles. The second kappa shape index (κ2) is 8.25. The molecule has 0 radical (unpaired) electrons. The molecule has 3 aromatic rings. The Balaban J connectivity index is 1.81. The topological polar surface area (TPSA) is 133 Å². The Morgan fingerprint density at radius 2 is 2.21 bits per heavy atom. The number of hydrogen-bond donors (Lipinski definition) is 1. The lowest BCUT2D eigenvalue weighted by molar-refractivity contribution is -0.144. The van der Waals surface area contributed by atoms with Gasteiger partial charge in [-0.25, -0.2) is 9.59 Å². The molecule has 0 bridgehead atoms. The second-order valence-corrected chi connectivity index (χ2v) is 5.70. The summed E-state index contributed by atoms with van der Waals surface area (Å²) in [4.78, 5) is 28.6. The smallest absolute Gasteiger partial charge is 0.348 e. The van der Waals surface area contributed by atoms with E-state index in [2.05, 4.69) is 20.4 Å². The highest BCUT2D eigenvalue weighted by Crippen LogP contribution is 2.21. The zero-order valence-electron chi connectivity index (χ0n) is 15.2. The number of carbonyl (C=O) groups is 1. The van der Waals surface area contributed by atoms with Crippen molar-refractivity contribution in [1.82, 2.24) is 20.2 Å². The normalized spacial score (nSPS) is 11.1. The van der Waals surface area contributed by atoms with Gasteiger partial charge in [-0.1, -0.05) is 12.1 Å². The molecule has 0 atom stereocenters. The van der Waals surface area contributed by atoms with Crippen molar-refractivity contribution in [2.45, 2.75) is 20.4 Å². The van der Waals surface area contributed by atoms with Gasteiger partial charge < -0.3 is 14.3 Å². The first-order valence-electron chi connectivity index (χ1n) is 8.38. The van der Waals surface area contributed by atoms with E-state index < -0.39 is 11.6 Å². The first kappa shape index (κ1) is 19.0. The molecule has 1 aromatic carbocycles. The highest BCUT2D eigenvalue weighted by atomic mass is 16.5. The summed E-state index contributed by atoms with van der Waals surface area (Å²) in [5, 5.41) is 21.7. The molecule has 0 aliphatic rings. The molecule has 10 nitrogen and oxygen atoms in total. The summed E-state index contributed by atoms with van der Waals surface area (Å²) in [6.07, 6.45) is 1.23. The van der Waals surface area contributed by atoms with Crippen LogP contribution in [-0.2, 0) is 16.1 Å². The number of rotatable bonds is 6. The Morgan fingerprint density at radius 3 is 2.96 bits per heavy atom. The second-order valence-electron chi connectivity index (χ2n) is 5.70. The van der Waals surface area contributed by atoms with Gasteiger partial charge in [0.05, 0.1) is 12.3 Å². The molecule has 0 unspecified atom stereocenters. The Labute approximate surface area is 159 Å². The predicted octanol–water partition coefficient (Wildman–Crippen LogP) is 1.62. The molecule has 0 aliphatic heterocycles. The fraction of sp³-hybridized carbons (Fsp3) is 0.222. The maximum Gasteiger partial charge on any atom is 0.348 e. The summed E-state index contributed by atoms with van der Waals surface area (Å²) >= 11 is 0. The number of hydrogen-bond acceptors (Lipinski definition) is 9. The average Bonchev–Trinajstić information content (AvgIpc) is 3.09. The monoisotopic (exact) mass is 383 g/mol. The number of aryl methyl sites for hydroxylation is 1. The van der Waals surface area contributed by atoms with E-state index in [-0.39, 0.29) is 24.5 Å². The molecule has 0 aliphatic carbocycles. The van der Waals surface area contributed by atoms with Crippen LogP contribution in [-0.4, -0.2) is 44.1 Å². The lowest BCUT2D eigenvalue weighted by Crippen LogP contribution is -2.15. The number of esters is 1. The molecule has 0 amide bonds. The SMILES string of the molecule is CCOC(=O)Cn1nnc(-c2cccc(N=Cc3c(O)cc(C)oc3=O)c2)n1. The zero-order valence-corrected chi connectivity index (χ0v) is 15.2. The van der Waals surface area contributed by atoms with Crippen molar-refractivity contribution in [3.05, 3.63) is 52.1 Å². The number of aromatic nitrogens is 4. The first-order chi connectivity index (χ1) is 13.5. The van der Waals surface area contributed by atoms with Crippen molar-refractivity contribution < 1.29 is 19.1 Å². The summed E-state index contributed by atoms with van der Waals surface area (Å²) in [6, 6.07) is 8.20. The van der Waals surface area contributed by atoms with E-state index in [1.165, 1.54) is 12.3 Å². The summed E-state index contributed by atoms with van der Waals surface area (Å²) in [7, 11) is 0. The molecule has 144 valence electrons. The van der Waals surface area contributed by atoms with Crippen molar-refractivity contribution in [3.8, 4) is 17.1 Å². The van der Waals surface area contributed by atoms with Gasteiger partial charge in [-0.15, -0.1) is 10.2 Å². The summed E-state index contributed by atoms with van der Waals surface area (Å²) in [6.45, 7) is 3.41. The molecule has 10 heteroatoms. The highest BCUT2D eigenvalue weighted by Gasteiger charge is 2.11. The number of carbonyl (C=O) groups excluding carboxylic acids is 1. The van der Waals surface area contributed by atoms with Crippen LogP contribution in [0.25, 0.3) is 11.4 Å². The van der Waals surface area contributed by atoms with Crippen molar-refractivity contribution in [2.24, 2.45) is 4.99 Å². The van der Waals surface area contributed by atoms with Crippen LogP contribution in [0.4, 0.5) is 5.69 Å². The molecular weight excluding hydrogens is 366 g/mol. The van der Waals surface area contributed by atoms with Crippen molar-refractivity contribution in [3.63, 3.8) is 0 Å². The molecule has 1 N–H and O–H groups in total. The maximum absolute atomic E-state index is 11.8. The van der Waals surface area contributed by atoms with E-state index in [9.17, 15) is 14.7 Å². The van der Waals surface area contributed by atoms with Crippen LogP contribution in [0.1, 0.15) is 18.2 Å². The number of ether oxygens (including phenoxy) is 1. The van der Waals surface area contributed by atoms with Gasteiger partial charge in [-0.2, -0.15) is 4.80 Å². The Morgan fingerprint density at radius 1 is 1.39 bits per heavy atom. The van der Waals surface area contributed by atoms with Gasteiger partial charge in [0, 0.05) is 17.8 Å².